The van der Waals surface area contributed by atoms with E-state index in [1.165, 1.54) is 18.4 Å². The van der Waals surface area contributed by atoms with Gasteiger partial charge in [-0.15, -0.1) is 0 Å². The maximum atomic E-state index is 12.2. The van der Waals surface area contributed by atoms with Crippen molar-refractivity contribution in [1.82, 2.24) is 5.32 Å². The zero-order valence-corrected chi connectivity index (χ0v) is 14.7. The average Bonchev–Trinajstić information content (AvgIpc) is 3.33. The van der Waals surface area contributed by atoms with Crippen LogP contribution in [0, 0.1) is 12.8 Å². The molecule has 1 amide bonds. The first kappa shape index (κ1) is 17.8. The Balaban J connectivity index is 1.91. The van der Waals surface area contributed by atoms with Crippen LogP contribution in [0.4, 0.5) is 0 Å². The highest BCUT2D eigenvalue weighted by atomic mass is 16.5. The number of nitrogens with one attached hydrogen (secondary N) is 1. The third-order valence-corrected chi connectivity index (χ3v) is 4.32. The number of benzene rings is 1. The van der Waals surface area contributed by atoms with Crippen molar-refractivity contribution < 1.29 is 14.3 Å². The van der Waals surface area contributed by atoms with E-state index in [9.17, 15) is 4.79 Å². The Bertz CT molecular complexity index is 523. The fourth-order valence-electron chi connectivity index (χ4n) is 2.94. The molecule has 1 unspecified atom stereocenters. The van der Waals surface area contributed by atoms with Crippen LogP contribution in [0.2, 0.25) is 0 Å². The summed E-state index contributed by atoms with van der Waals surface area (Å²) in [6.45, 7) is 7.19. The highest BCUT2D eigenvalue weighted by Crippen LogP contribution is 2.45. The van der Waals surface area contributed by atoms with E-state index in [0.29, 0.717) is 31.4 Å². The zero-order chi connectivity index (χ0) is 16.8. The van der Waals surface area contributed by atoms with Crippen molar-refractivity contribution in [3.8, 4) is 5.75 Å². The number of ether oxygens (including phenoxy) is 2. The third kappa shape index (κ3) is 5.54. The van der Waals surface area contributed by atoms with Gasteiger partial charge in [0.1, 0.15) is 5.75 Å². The number of hydrogen-bond acceptors (Lipinski definition) is 3. The molecule has 4 heteroatoms. The lowest BCUT2D eigenvalue weighted by Gasteiger charge is -2.18. The number of aryl methyl sites for hydroxylation is 1. The summed E-state index contributed by atoms with van der Waals surface area (Å²) in [6, 6.07) is 6.27. The van der Waals surface area contributed by atoms with Crippen molar-refractivity contribution in [3.63, 3.8) is 0 Å². The molecule has 1 N–H and O–H groups in total. The van der Waals surface area contributed by atoms with Gasteiger partial charge >= 0.3 is 0 Å². The Labute approximate surface area is 139 Å². The molecule has 4 nitrogen and oxygen atoms in total. The number of methoxy groups -OCH3 is 1. The second-order valence-corrected chi connectivity index (χ2v) is 6.65. The van der Waals surface area contributed by atoms with Crippen molar-refractivity contribution in [2.24, 2.45) is 5.92 Å². The predicted octanol–water partition coefficient (Wildman–Crippen LogP) is 3.43. The molecular formula is C19H29NO3. The van der Waals surface area contributed by atoms with Crippen LogP contribution in [0.15, 0.2) is 18.2 Å². The van der Waals surface area contributed by atoms with Crippen molar-refractivity contribution in [3.05, 3.63) is 29.3 Å². The lowest BCUT2D eigenvalue weighted by Crippen LogP contribution is -2.29. The Kier molecular flexibility index (Phi) is 6.46. The van der Waals surface area contributed by atoms with E-state index in [-0.39, 0.29) is 12.0 Å². The lowest BCUT2D eigenvalue weighted by molar-refractivity contribution is -0.121. The van der Waals surface area contributed by atoms with Crippen LogP contribution < -0.4 is 10.1 Å². The Hall–Kier alpha value is -1.55. The van der Waals surface area contributed by atoms with E-state index in [0.717, 1.165) is 11.3 Å². The minimum atomic E-state index is 0.114. The molecule has 1 fully saturated rings. The molecule has 1 atom stereocenters. The van der Waals surface area contributed by atoms with Crippen molar-refractivity contribution in [1.29, 1.82) is 0 Å². The number of hydrogen-bond donors (Lipinski definition) is 1. The molecule has 1 aromatic rings. The molecule has 23 heavy (non-hydrogen) atoms. The first-order valence-corrected chi connectivity index (χ1v) is 8.54. The summed E-state index contributed by atoms with van der Waals surface area (Å²) < 4.78 is 10.8. The van der Waals surface area contributed by atoms with Gasteiger partial charge in [-0.25, -0.2) is 0 Å². The normalized spacial score (nSPS) is 15.5. The molecule has 0 saturated heterocycles. The summed E-state index contributed by atoms with van der Waals surface area (Å²) in [4.78, 5) is 12.2. The molecule has 0 spiro atoms. The van der Waals surface area contributed by atoms with E-state index in [4.69, 9.17) is 9.47 Å². The van der Waals surface area contributed by atoms with Gasteiger partial charge < -0.3 is 14.8 Å². The van der Waals surface area contributed by atoms with Crippen LogP contribution in [-0.2, 0) is 9.53 Å². The molecule has 0 heterocycles. The quantitative estimate of drug-likeness (QED) is 0.709. The molecule has 2 rings (SSSR count). The largest absolute Gasteiger partial charge is 0.496 e. The van der Waals surface area contributed by atoms with Gasteiger partial charge in [0.25, 0.3) is 0 Å². The standard InChI is InChI=1S/C19H29NO3/c1-13(2)23-10-9-20-19(21)12-17(15-5-6-15)16-7-8-18(22-4)14(3)11-16/h7-8,11,13,15,17H,5-6,9-10,12H2,1-4H3,(H,20,21). The summed E-state index contributed by atoms with van der Waals surface area (Å²) in [5, 5.41) is 2.97. The topological polar surface area (TPSA) is 47.6 Å². The maximum Gasteiger partial charge on any atom is 0.220 e. The van der Waals surface area contributed by atoms with Crippen LogP contribution in [-0.4, -0.2) is 32.3 Å². The number of rotatable bonds is 9. The van der Waals surface area contributed by atoms with Crippen LogP contribution in [0.1, 0.15) is 50.2 Å². The van der Waals surface area contributed by atoms with Gasteiger partial charge in [-0.3, -0.25) is 4.79 Å². The molecule has 0 bridgehead atoms. The molecule has 0 aromatic heterocycles. The Morgan fingerprint density at radius 3 is 2.65 bits per heavy atom. The number of carbonyl (C=O) groups is 1. The number of carbonyl (C=O) groups excluding carboxylic acids is 1. The van der Waals surface area contributed by atoms with Crippen molar-refractivity contribution in [2.45, 2.75) is 52.1 Å². The lowest BCUT2D eigenvalue weighted by atomic mass is 9.89. The summed E-state index contributed by atoms with van der Waals surface area (Å²) >= 11 is 0. The van der Waals surface area contributed by atoms with E-state index >= 15 is 0 Å². The molecule has 1 saturated carbocycles. The summed E-state index contributed by atoms with van der Waals surface area (Å²) in [6.07, 6.45) is 3.20. The minimum Gasteiger partial charge on any atom is -0.496 e. The van der Waals surface area contributed by atoms with Gasteiger partial charge in [0.15, 0.2) is 0 Å². The predicted molar refractivity (Wildman–Crippen MR) is 91.9 cm³/mol. The van der Waals surface area contributed by atoms with E-state index in [1.807, 2.05) is 19.9 Å². The molecule has 1 aliphatic rings. The highest BCUT2D eigenvalue weighted by molar-refractivity contribution is 5.77. The van der Waals surface area contributed by atoms with Gasteiger partial charge in [0.2, 0.25) is 5.91 Å². The monoisotopic (exact) mass is 319 g/mol. The zero-order valence-electron chi connectivity index (χ0n) is 14.7. The molecule has 0 radical (unpaired) electrons. The van der Waals surface area contributed by atoms with Gasteiger partial charge in [0, 0.05) is 13.0 Å². The van der Waals surface area contributed by atoms with E-state index in [1.54, 1.807) is 7.11 Å². The first-order valence-electron chi connectivity index (χ1n) is 8.54. The van der Waals surface area contributed by atoms with Gasteiger partial charge in [-0.2, -0.15) is 0 Å². The smallest absolute Gasteiger partial charge is 0.220 e. The molecule has 0 aliphatic heterocycles. The van der Waals surface area contributed by atoms with Gasteiger partial charge in [-0.05, 0) is 62.6 Å². The van der Waals surface area contributed by atoms with Crippen LogP contribution in [0.5, 0.6) is 5.75 Å². The Morgan fingerprint density at radius 1 is 1.35 bits per heavy atom. The molecule has 128 valence electrons. The second kappa shape index (κ2) is 8.34. The fraction of sp³-hybridized carbons (Fsp3) is 0.632. The van der Waals surface area contributed by atoms with Crippen LogP contribution >= 0.6 is 0 Å². The summed E-state index contributed by atoms with van der Waals surface area (Å²) in [7, 11) is 1.69. The van der Waals surface area contributed by atoms with Gasteiger partial charge in [0.05, 0.1) is 19.8 Å². The number of amides is 1. The second-order valence-electron chi connectivity index (χ2n) is 6.65. The molecule has 1 aliphatic carbocycles. The molecule has 1 aromatic carbocycles. The fourth-order valence-corrected chi connectivity index (χ4v) is 2.94. The Morgan fingerprint density at radius 2 is 2.09 bits per heavy atom. The van der Waals surface area contributed by atoms with Crippen LogP contribution in [0.3, 0.4) is 0 Å². The molecular weight excluding hydrogens is 290 g/mol. The summed E-state index contributed by atoms with van der Waals surface area (Å²) in [5.74, 6) is 1.97. The summed E-state index contributed by atoms with van der Waals surface area (Å²) in [5.41, 5.74) is 2.38. The van der Waals surface area contributed by atoms with E-state index in [2.05, 4.69) is 24.4 Å². The average molecular weight is 319 g/mol. The maximum absolute atomic E-state index is 12.2. The van der Waals surface area contributed by atoms with Gasteiger partial charge in [-0.1, -0.05) is 12.1 Å². The minimum absolute atomic E-state index is 0.114. The van der Waals surface area contributed by atoms with Crippen molar-refractivity contribution in [2.75, 3.05) is 20.3 Å². The SMILES string of the molecule is COc1ccc(C(CC(=O)NCCOC(C)C)C2CC2)cc1C. The van der Waals surface area contributed by atoms with E-state index < -0.39 is 0 Å². The third-order valence-electron chi connectivity index (χ3n) is 4.32. The van der Waals surface area contributed by atoms with Crippen LogP contribution in [0.25, 0.3) is 0 Å². The van der Waals surface area contributed by atoms with Crippen molar-refractivity contribution >= 4 is 5.91 Å². The first-order chi connectivity index (χ1) is 11.0. The highest BCUT2D eigenvalue weighted by Gasteiger charge is 2.33.